The fraction of sp³-hybridized carbons (Fsp3) is 0.600. The van der Waals surface area contributed by atoms with Crippen LogP contribution in [0.4, 0.5) is 0 Å². The summed E-state index contributed by atoms with van der Waals surface area (Å²) < 4.78 is 5.29. The van der Waals surface area contributed by atoms with Crippen LogP contribution in [0.3, 0.4) is 0 Å². The minimum absolute atomic E-state index is 0.0363. The maximum atomic E-state index is 12.2. The molecule has 0 aromatic heterocycles. The smallest absolute Gasteiger partial charge is 0.222 e. The van der Waals surface area contributed by atoms with E-state index in [1.54, 1.807) is 14.0 Å². The molecule has 5 nitrogen and oxygen atoms in total. The molecule has 1 aliphatic carbocycles. The van der Waals surface area contributed by atoms with Crippen LogP contribution in [0, 0.1) is 0 Å². The monoisotopic (exact) mass is 346 g/mol. The van der Waals surface area contributed by atoms with Gasteiger partial charge in [0, 0.05) is 38.0 Å². The van der Waals surface area contributed by atoms with Crippen molar-refractivity contribution < 1.29 is 14.3 Å². The first-order valence-corrected chi connectivity index (χ1v) is 9.27. The van der Waals surface area contributed by atoms with Crippen LogP contribution < -0.4 is 10.1 Å². The second-order valence-electron chi connectivity index (χ2n) is 6.70. The summed E-state index contributed by atoms with van der Waals surface area (Å²) >= 11 is 0. The maximum Gasteiger partial charge on any atom is 0.222 e. The number of carbonyl (C=O) groups is 2. The molecule has 0 heterocycles. The highest BCUT2D eigenvalue weighted by Crippen LogP contribution is 2.22. The van der Waals surface area contributed by atoms with E-state index in [1.165, 1.54) is 25.7 Å². The third kappa shape index (κ3) is 6.07. The molecule has 1 aromatic carbocycles. The van der Waals surface area contributed by atoms with Crippen molar-refractivity contribution in [1.29, 1.82) is 0 Å². The minimum atomic E-state index is -0.0363. The zero-order valence-electron chi connectivity index (χ0n) is 15.4. The quantitative estimate of drug-likeness (QED) is 0.771. The number of benzene rings is 1. The van der Waals surface area contributed by atoms with E-state index in [1.807, 2.05) is 29.2 Å². The minimum Gasteiger partial charge on any atom is -0.496 e. The zero-order chi connectivity index (χ0) is 18.1. The van der Waals surface area contributed by atoms with E-state index in [0.717, 1.165) is 24.2 Å². The Morgan fingerprint density at radius 3 is 2.48 bits per heavy atom. The van der Waals surface area contributed by atoms with Crippen LogP contribution in [-0.4, -0.2) is 36.4 Å². The molecule has 1 saturated carbocycles. The van der Waals surface area contributed by atoms with Crippen LogP contribution >= 0.6 is 0 Å². The number of methoxy groups -OCH3 is 1. The average Bonchev–Trinajstić information content (AvgIpc) is 2.89. The van der Waals surface area contributed by atoms with Gasteiger partial charge in [0.2, 0.25) is 11.8 Å². The summed E-state index contributed by atoms with van der Waals surface area (Å²) in [5.74, 6) is 0.807. The molecular weight excluding hydrogens is 316 g/mol. The molecule has 5 heteroatoms. The number of ether oxygens (including phenoxy) is 1. The van der Waals surface area contributed by atoms with Crippen LogP contribution in [0.2, 0.25) is 0 Å². The highest BCUT2D eigenvalue weighted by molar-refractivity contribution is 5.78. The molecule has 0 unspecified atom stereocenters. The van der Waals surface area contributed by atoms with Crippen molar-refractivity contribution in [2.45, 2.75) is 64.5 Å². The number of para-hydroxylation sites is 1. The highest BCUT2D eigenvalue weighted by Gasteiger charge is 2.22. The SMILES string of the molecule is COc1ccccc1CNC(=O)CCN(C(C)=O)C1CCCCCC1. The summed E-state index contributed by atoms with van der Waals surface area (Å²) in [6, 6.07) is 7.94. The lowest BCUT2D eigenvalue weighted by atomic mass is 10.1. The number of carbonyl (C=O) groups excluding carboxylic acids is 2. The number of hydrogen-bond acceptors (Lipinski definition) is 3. The lowest BCUT2D eigenvalue weighted by Gasteiger charge is -2.30. The summed E-state index contributed by atoms with van der Waals surface area (Å²) in [6.45, 7) is 2.54. The molecule has 1 aliphatic rings. The third-order valence-electron chi connectivity index (χ3n) is 4.92. The number of hydrogen-bond donors (Lipinski definition) is 1. The molecule has 0 aliphatic heterocycles. The van der Waals surface area contributed by atoms with Crippen molar-refractivity contribution in [3.63, 3.8) is 0 Å². The van der Waals surface area contributed by atoms with Gasteiger partial charge in [-0.1, -0.05) is 43.9 Å². The van der Waals surface area contributed by atoms with E-state index < -0.39 is 0 Å². The van der Waals surface area contributed by atoms with Gasteiger partial charge < -0.3 is 15.0 Å². The van der Waals surface area contributed by atoms with Crippen LogP contribution in [0.5, 0.6) is 5.75 Å². The molecule has 0 spiro atoms. The van der Waals surface area contributed by atoms with Crippen LogP contribution in [0.15, 0.2) is 24.3 Å². The van der Waals surface area contributed by atoms with Gasteiger partial charge in [-0.15, -0.1) is 0 Å². The number of nitrogens with one attached hydrogen (secondary N) is 1. The molecule has 2 amide bonds. The molecular formula is C20H30N2O3. The Hall–Kier alpha value is -2.04. The lowest BCUT2D eigenvalue weighted by molar-refractivity contribution is -0.132. The number of rotatable bonds is 7. The molecule has 0 bridgehead atoms. The van der Waals surface area contributed by atoms with Gasteiger partial charge in [0.1, 0.15) is 5.75 Å². The first kappa shape index (κ1) is 19.3. The third-order valence-corrected chi connectivity index (χ3v) is 4.92. The van der Waals surface area contributed by atoms with Crippen LogP contribution in [0.25, 0.3) is 0 Å². The molecule has 0 saturated heterocycles. The summed E-state index contributed by atoms with van der Waals surface area (Å²) in [6.07, 6.45) is 7.31. The maximum absolute atomic E-state index is 12.2. The average molecular weight is 346 g/mol. The van der Waals surface area contributed by atoms with E-state index in [9.17, 15) is 9.59 Å². The van der Waals surface area contributed by atoms with E-state index in [-0.39, 0.29) is 11.8 Å². The van der Waals surface area contributed by atoms with Crippen molar-refractivity contribution in [2.75, 3.05) is 13.7 Å². The van der Waals surface area contributed by atoms with E-state index in [0.29, 0.717) is 25.6 Å². The van der Waals surface area contributed by atoms with Crippen LogP contribution in [-0.2, 0) is 16.1 Å². The Morgan fingerprint density at radius 2 is 1.84 bits per heavy atom. The molecule has 1 N–H and O–H groups in total. The second kappa shape index (κ2) is 10.1. The van der Waals surface area contributed by atoms with Gasteiger partial charge in [-0.3, -0.25) is 9.59 Å². The Kier molecular flexibility index (Phi) is 7.76. The molecule has 25 heavy (non-hydrogen) atoms. The summed E-state index contributed by atoms with van der Waals surface area (Å²) in [7, 11) is 1.62. The normalized spacial score (nSPS) is 15.3. The zero-order valence-corrected chi connectivity index (χ0v) is 15.4. The van der Waals surface area contributed by atoms with Crippen molar-refractivity contribution >= 4 is 11.8 Å². The molecule has 138 valence electrons. The van der Waals surface area contributed by atoms with Gasteiger partial charge >= 0.3 is 0 Å². The summed E-state index contributed by atoms with van der Waals surface area (Å²) in [4.78, 5) is 26.1. The number of amides is 2. The van der Waals surface area contributed by atoms with Crippen molar-refractivity contribution in [3.8, 4) is 5.75 Å². The fourth-order valence-corrected chi connectivity index (χ4v) is 3.52. The largest absolute Gasteiger partial charge is 0.496 e. The number of nitrogens with zero attached hydrogens (tertiary/aromatic N) is 1. The lowest BCUT2D eigenvalue weighted by Crippen LogP contribution is -2.41. The van der Waals surface area contributed by atoms with Gasteiger partial charge in [0.25, 0.3) is 0 Å². The van der Waals surface area contributed by atoms with Gasteiger partial charge in [-0.2, -0.15) is 0 Å². The molecule has 0 atom stereocenters. The predicted octanol–water partition coefficient (Wildman–Crippen LogP) is 3.27. The van der Waals surface area contributed by atoms with Gasteiger partial charge in [0.15, 0.2) is 0 Å². The Bertz CT molecular complexity index is 566. The second-order valence-corrected chi connectivity index (χ2v) is 6.70. The highest BCUT2D eigenvalue weighted by atomic mass is 16.5. The van der Waals surface area contributed by atoms with Gasteiger partial charge in [-0.05, 0) is 18.9 Å². The Labute approximate surface area is 150 Å². The van der Waals surface area contributed by atoms with Gasteiger partial charge in [-0.25, -0.2) is 0 Å². The summed E-state index contributed by atoms with van der Waals surface area (Å²) in [5.41, 5.74) is 0.950. The first-order valence-electron chi connectivity index (χ1n) is 9.27. The Balaban J connectivity index is 1.83. The fourth-order valence-electron chi connectivity index (χ4n) is 3.52. The molecule has 1 aromatic rings. The van der Waals surface area contributed by atoms with E-state index in [4.69, 9.17) is 4.74 Å². The van der Waals surface area contributed by atoms with Crippen molar-refractivity contribution in [2.24, 2.45) is 0 Å². The van der Waals surface area contributed by atoms with E-state index in [2.05, 4.69) is 5.32 Å². The van der Waals surface area contributed by atoms with Crippen molar-refractivity contribution in [3.05, 3.63) is 29.8 Å². The molecule has 1 fully saturated rings. The van der Waals surface area contributed by atoms with Crippen LogP contribution in [0.1, 0.15) is 57.4 Å². The molecule has 2 rings (SSSR count). The Morgan fingerprint density at radius 1 is 1.16 bits per heavy atom. The van der Waals surface area contributed by atoms with Gasteiger partial charge in [0.05, 0.1) is 7.11 Å². The van der Waals surface area contributed by atoms with E-state index >= 15 is 0 Å². The topological polar surface area (TPSA) is 58.6 Å². The standard InChI is InChI=1S/C20H30N2O3/c1-16(23)22(18-10-5-3-4-6-11-18)14-13-20(24)21-15-17-9-7-8-12-19(17)25-2/h7-9,12,18H,3-6,10-11,13-15H2,1-2H3,(H,21,24). The predicted molar refractivity (Wildman–Crippen MR) is 98.3 cm³/mol. The first-order chi connectivity index (χ1) is 12.1. The molecule has 0 radical (unpaired) electrons. The summed E-state index contributed by atoms with van der Waals surface area (Å²) in [5, 5.41) is 2.93. The van der Waals surface area contributed by atoms with Crippen molar-refractivity contribution in [1.82, 2.24) is 10.2 Å².